The second-order valence-electron chi connectivity index (χ2n) is 4.81. The second-order valence-corrected chi connectivity index (χ2v) is 6.49. The summed E-state index contributed by atoms with van der Waals surface area (Å²) in [6, 6.07) is 18.0. The smallest absolute Gasteiger partial charge is 0.264 e. The SMILES string of the molecule is CN=C(NS(=O)(=O)c1ccccc1)N(C)Cc1ccccc1. The molecule has 0 aliphatic rings. The minimum absolute atomic E-state index is 0.212. The van der Waals surface area contributed by atoms with Crippen molar-refractivity contribution < 1.29 is 8.42 Å². The average molecular weight is 317 g/mol. The maximum atomic E-state index is 12.3. The molecule has 0 bridgehead atoms. The zero-order chi connectivity index (χ0) is 16.0. The van der Waals surface area contributed by atoms with Gasteiger partial charge in [0, 0.05) is 20.6 Å². The van der Waals surface area contributed by atoms with Crippen molar-refractivity contribution in [3.63, 3.8) is 0 Å². The van der Waals surface area contributed by atoms with Gasteiger partial charge in [-0.15, -0.1) is 0 Å². The van der Waals surface area contributed by atoms with Crippen LogP contribution < -0.4 is 4.72 Å². The van der Waals surface area contributed by atoms with E-state index in [2.05, 4.69) is 9.71 Å². The third-order valence-corrected chi connectivity index (χ3v) is 4.46. The number of hydrogen-bond acceptors (Lipinski definition) is 3. The molecule has 2 rings (SSSR count). The van der Waals surface area contributed by atoms with E-state index in [0.717, 1.165) is 5.56 Å². The Morgan fingerprint density at radius 3 is 2.14 bits per heavy atom. The van der Waals surface area contributed by atoms with Gasteiger partial charge in [-0.1, -0.05) is 48.5 Å². The van der Waals surface area contributed by atoms with Gasteiger partial charge in [-0.05, 0) is 17.7 Å². The number of sulfonamides is 1. The Bertz CT molecular complexity index is 729. The van der Waals surface area contributed by atoms with Crippen LogP contribution in [-0.4, -0.2) is 33.4 Å². The van der Waals surface area contributed by atoms with Crippen molar-refractivity contribution in [2.24, 2.45) is 4.99 Å². The standard InChI is InChI=1S/C16H19N3O2S/c1-17-16(19(2)13-14-9-5-3-6-10-14)18-22(20,21)15-11-7-4-8-12-15/h3-12H,13H2,1-2H3,(H,17,18). The molecule has 1 N–H and O–H groups in total. The van der Waals surface area contributed by atoms with E-state index < -0.39 is 10.0 Å². The van der Waals surface area contributed by atoms with E-state index in [1.807, 2.05) is 30.3 Å². The summed E-state index contributed by atoms with van der Waals surface area (Å²) < 4.78 is 27.2. The minimum atomic E-state index is -3.63. The van der Waals surface area contributed by atoms with E-state index >= 15 is 0 Å². The van der Waals surface area contributed by atoms with Crippen LogP contribution in [0.25, 0.3) is 0 Å². The highest BCUT2D eigenvalue weighted by molar-refractivity contribution is 7.90. The molecule has 2 aromatic rings. The Morgan fingerprint density at radius 1 is 1.05 bits per heavy atom. The molecule has 0 aliphatic carbocycles. The molecule has 2 aromatic carbocycles. The van der Waals surface area contributed by atoms with Crippen LogP contribution in [0.1, 0.15) is 5.56 Å². The van der Waals surface area contributed by atoms with Crippen LogP contribution in [0.15, 0.2) is 70.6 Å². The van der Waals surface area contributed by atoms with Crippen molar-refractivity contribution >= 4 is 16.0 Å². The highest BCUT2D eigenvalue weighted by Crippen LogP contribution is 2.09. The van der Waals surface area contributed by atoms with Crippen LogP contribution in [0.4, 0.5) is 0 Å². The molecule has 0 unspecified atom stereocenters. The number of aliphatic imine (C=N–C) groups is 1. The molecular weight excluding hydrogens is 298 g/mol. The maximum Gasteiger partial charge on any atom is 0.264 e. The topological polar surface area (TPSA) is 61.8 Å². The molecule has 0 saturated carbocycles. The lowest BCUT2D eigenvalue weighted by Gasteiger charge is -2.22. The van der Waals surface area contributed by atoms with Crippen LogP contribution in [0.3, 0.4) is 0 Å². The van der Waals surface area contributed by atoms with E-state index in [1.165, 1.54) is 0 Å². The van der Waals surface area contributed by atoms with Crippen molar-refractivity contribution in [1.82, 2.24) is 9.62 Å². The fourth-order valence-corrected chi connectivity index (χ4v) is 3.13. The monoisotopic (exact) mass is 317 g/mol. The summed E-state index contributed by atoms with van der Waals surface area (Å²) in [6.07, 6.45) is 0. The van der Waals surface area contributed by atoms with Gasteiger partial charge in [0.2, 0.25) is 5.96 Å². The molecule has 0 heterocycles. The summed E-state index contributed by atoms with van der Waals surface area (Å²) in [7, 11) is -0.277. The van der Waals surface area contributed by atoms with Crippen LogP contribution in [0.5, 0.6) is 0 Å². The predicted octanol–water partition coefficient (Wildman–Crippen LogP) is 2.08. The first kappa shape index (κ1) is 16.0. The number of hydrogen-bond donors (Lipinski definition) is 1. The zero-order valence-corrected chi connectivity index (χ0v) is 13.4. The number of rotatable bonds is 4. The third-order valence-electron chi connectivity index (χ3n) is 3.12. The summed E-state index contributed by atoms with van der Waals surface area (Å²) in [6.45, 7) is 0.560. The summed E-state index contributed by atoms with van der Waals surface area (Å²) in [5.74, 6) is 0.299. The number of guanidine groups is 1. The molecule has 0 saturated heterocycles. The molecule has 22 heavy (non-hydrogen) atoms. The Morgan fingerprint density at radius 2 is 1.59 bits per heavy atom. The Balaban J connectivity index is 2.13. The van der Waals surface area contributed by atoms with Gasteiger partial charge in [-0.2, -0.15) is 0 Å². The molecule has 6 heteroatoms. The fraction of sp³-hybridized carbons (Fsp3) is 0.188. The zero-order valence-electron chi connectivity index (χ0n) is 12.6. The van der Waals surface area contributed by atoms with E-state index in [1.54, 1.807) is 49.3 Å². The van der Waals surface area contributed by atoms with Gasteiger partial charge >= 0.3 is 0 Å². The van der Waals surface area contributed by atoms with Gasteiger partial charge in [0.05, 0.1) is 4.90 Å². The average Bonchev–Trinajstić information content (AvgIpc) is 2.54. The van der Waals surface area contributed by atoms with Crippen molar-refractivity contribution in [3.8, 4) is 0 Å². The van der Waals surface area contributed by atoms with Crippen LogP contribution in [0.2, 0.25) is 0 Å². The second kappa shape index (κ2) is 7.09. The summed E-state index contributed by atoms with van der Waals surface area (Å²) >= 11 is 0. The van der Waals surface area contributed by atoms with Crippen LogP contribution in [-0.2, 0) is 16.6 Å². The Labute approximate surface area is 131 Å². The van der Waals surface area contributed by atoms with Gasteiger partial charge in [-0.25, -0.2) is 13.1 Å². The molecule has 0 radical (unpaired) electrons. The number of benzene rings is 2. The molecule has 0 atom stereocenters. The van der Waals surface area contributed by atoms with Crippen LogP contribution in [0, 0.1) is 0 Å². The fourth-order valence-electron chi connectivity index (χ4n) is 2.01. The lowest BCUT2D eigenvalue weighted by molar-refractivity contribution is 0.486. The van der Waals surface area contributed by atoms with Gasteiger partial charge in [0.15, 0.2) is 0 Å². The highest BCUT2D eigenvalue weighted by atomic mass is 32.2. The van der Waals surface area contributed by atoms with Crippen LogP contribution >= 0.6 is 0 Å². The largest absolute Gasteiger partial charge is 0.341 e. The first-order valence-electron chi connectivity index (χ1n) is 6.82. The summed E-state index contributed by atoms with van der Waals surface area (Å²) in [5.41, 5.74) is 1.07. The molecule has 0 amide bonds. The summed E-state index contributed by atoms with van der Waals surface area (Å²) in [4.78, 5) is 6.02. The maximum absolute atomic E-state index is 12.3. The number of nitrogens with one attached hydrogen (secondary N) is 1. The normalized spacial score (nSPS) is 12.0. The first-order chi connectivity index (χ1) is 10.5. The van der Waals surface area contributed by atoms with E-state index in [-0.39, 0.29) is 4.90 Å². The quantitative estimate of drug-likeness (QED) is 0.694. The molecule has 0 spiro atoms. The highest BCUT2D eigenvalue weighted by Gasteiger charge is 2.18. The third kappa shape index (κ3) is 4.08. The van der Waals surface area contributed by atoms with E-state index in [9.17, 15) is 8.42 Å². The van der Waals surface area contributed by atoms with E-state index in [4.69, 9.17) is 0 Å². The van der Waals surface area contributed by atoms with Gasteiger partial charge < -0.3 is 4.90 Å². The van der Waals surface area contributed by atoms with Crippen molar-refractivity contribution in [2.45, 2.75) is 11.4 Å². The lowest BCUT2D eigenvalue weighted by Crippen LogP contribution is -2.41. The molecule has 0 aromatic heterocycles. The van der Waals surface area contributed by atoms with Gasteiger partial charge in [0.1, 0.15) is 0 Å². The minimum Gasteiger partial charge on any atom is -0.341 e. The molecule has 0 aliphatic heterocycles. The Hall–Kier alpha value is -2.34. The summed E-state index contributed by atoms with van der Waals surface area (Å²) in [5, 5.41) is 0. The lowest BCUT2D eigenvalue weighted by atomic mass is 10.2. The van der Waals surface area contributed by atoms with Crippen molar-refractivity contribution in [2.75, 3.05) is 14.1 Å². The molecule has 116 valence electrons. The van der Waals surface area contributed by atoms with Gasteiger partial charge in [0.25, 0.3) is 10.0 Å². The van der Waals surface area contributed by atoms with Crippen molar-refractivity contribution in [1.29, 1.82) is 0 Å². The molecule has 0 fully saturated rings. The molecular formula is C16H19N3O2S. The van der Waals surface area contributed by atoms with Crippen molar-refractivity contribution in [3.05, 3.63) is 66.2 Å². The molecule has 5 nitrogen and oxygen atoms in total. The first-order valence-corrected chi connectivity index (χ1v) is 8.31. The van der Waals surface area contributed by atoms with Gasteiger partial charge in [-0.3, -0.25) is 4.99 Å². The van der Waals surface area contributed by atoms with E-state index in [0.29, 0.717) is 12.5 Å². The predicted molar refractivity (Wildman–Crippen MR) is 88.0 cm³/mol. The Kier molecular flexibility index (Phi) is 5.16. The number of nitrogens with zero attached hydrogens (tertiary/aromatic N) is 2.